The van der Waals surface area contributed by atoms with Gasteiger partial charge in [0.25, 0.3) is 0 Å². The van der Waals surface area contributed by atoms with Gasteiger partial charge >= 0.3 is 24.1 Å². The number of halogens is 3. The lowest BCUT2D eigenvalue weighted by Gasteiger charge is -2.12. The van der Waals surface area contributed by atoms with Crippen LogP contribution >= 0.6 is 0 Å². The summed E-state index contributed by atoms with van der Waals surface area (Å²) in [6, 6.07) is 9.72. The minimum Gasteiger partial charge on any atom is -0.493 e. The van der Waals surface area contributed by atoms with Crippen molar-refractivity contribution in [2.24, 2.45) is 0 Å². The summed E-state index contributed by atoms with van der Waals surface area (Å²) < 4.78 is 52.1. The lowest BCUT2D eigenvalue weighted by Crippen LogP contribution is -2.17. The molecule has 2 aromatic rings. The van der Waals surface area contributed by atoms with Crippen molar-refractivity contribution in [2.45, 2.75) is 19.0 Å². The van der Waals surface area contributed by atoms with Gasteiger partial charge in [-0.1, -0.05) is 18.2 Å². The molecule has 0 amide bonds. The third-order valence-electron chi connectivity index (χ3n) is 3.75. The highest BCUT2D eigenvalue weighted by molar-refractivity contribution is 5.95. The van der Waals surface area contributed by atoms with Crippen molar-refractivity contribution in [3.05, 3.63) is 59.7 Å². The van der Waals surface area contributed by atoms with Gasteiger partial charge in [-0.25, -0.2) is 9.59 Å². The lowest BCUT2D eigenvalue weighted by molar-refractivity contribution is -0.151. The number of carboxylic acids is 1. The van der Waals surface area contributed by atoms with Gasteiger partial charge in [0.15, 0.2) is 11.5 Å². The van der Waals surface area contributed by atoms with Crippen LogP contribution in [0.3, 0.4) is 0 Å². The van der Waals surface area contributed by atoms with Gasteiger partial charge in [-0.05, 0) is 35.9 Å². The molecule has 0 aliphatic carbocycles. The molecule has 0 saturated carbocycles. The Morgan fingerprint density at radius 3 is 2.35 bits per heavy atom. The van der Waals surface area contributed by atoms with Gasteiger partial charge in [-0.2, -0.15) is 13.2 Å². The fourth-order valence-corrected chi connectivity index (χ4v) is 2.34. The van der Waals surface area contributed by atoms with E-state index in [4.69, 9.17) is 19.3 Å². The summed E-state index contributed by atoms with van der Waals surface area (Å²) in [5, 5.41) is 8.68. The Kier molecular flexibility index (Phi) is 7.78. The van der Waals surface area contributed by atoms with Crippen LogP contribution in [0.1, 0.15) is 28.8 Å². The van der Waals surface area contributed by atoms with Gasteiger partial charge in [0.2, 0.25) is 0 Å². The molecule has 0 aliphatic rings. The molecule has 0 bridgehead atoms. The average Bonchev–Trinajstić information content (AvgIpc) is 2.71. The second-order valence-electron chi connectivity index (χ2n) is 6.06. The first kappa shape index (κ1) is 23.5. The molecule has 0 atom stereocenters. The molecule has 0 saturated heterocycles. The number of esters is 2. The van der Waals surface area contributed by atoms with E-state index in [0.29, 0.717) is 5.56 Å². The topological polar surface area (TPSA) is 99.1 Å². The zero-order chi connectivity index (χ0) is 23.0. The number of carbonyl (C=O) groups excluding carboxylic acids is 2. The van der Waals surface area contributed by atoms with Crippen molar-refractivity contribution in [2.75, 3.05) is 7.11 Å². The molecule has 10 heteroatoms. The second kappa shape index (κ2) is 10.3. The summed E-state index contributed by atoms with van der Waals surface area (Å²) in [5.41, 5.74) is 0.290. The third kappa shape index (κ3) is 7.50. The van der Waals surface area contributed by atoms with E-state index >= 15 is 0 Å². The third-order valence-corrected chi connectivity index (χ3v) is 3.75. The summed E-state index contributed by atoms with van der Waals surface area (Å²) in [4.78, 5) is 34.9. The number of carboxylic acid groups (broad SMARTS) is 1. The maximum Gasteiger partial charge on any atom is 0.389 e. The molecule has 0 fully saturated rings. The Morgan fingerprint density at radius 1 is 1.00 bits per heavy atom. The zero-order valence-electron chi connectivity index (χ0n) is 16.1. The van der Waals surface area contributed by atoms with Crippen LogP contribution in [0.2, 0.25) is 0 Å². The molecule has 0 spiro atoms. The van der Waals surface area contributed by atoms with Crippen molar-refractivity contribution in [1.29, 1.82) is 0 Å². The van der Waals surface area contributed by atoms with E-state index in [2.05, 4.69) is 0 Å². The highest BCUT2D eigenvalue weighted by Gasteiger charge is 2.29. The number of ether oxygens (including phenoxy) is 3. The number of methoxy groups -OCH3 is 1. The molecule has 0 heterocycles. The van der Waals surface area contributed by atoms with E-state index in [0.717, 1.165) is 6.08 Å². The summed E-state index contributed by atoms with van der Waals surface area (Å²) in [6.45, 7) is 0. The molecule has 2 rings (SSSR count). The summed E-state index contributed by atoms with van der Waals surface area (Å²) >= 11 is 0. The minimum absolute atomic E-state index is 0.00169. The first-order chi connectivity index (χ1) is 14.6. The largest absolute Gasteiger partial charge is 0.493 e. The van der Waals surface area contributed by atoms with E-state index < -0.39 is 36.9 Å². The fourth-order valence-electron chi connectivity index (χ4n) is 2.34. The van der Waals surface area contributed by atoms with E-state index in [1.165, 1.54) is 55.7 Å². The zero-order valence-corrected chi connectivity index (χ0v) is 16.1. The van der Waals surface area contributed by atoms with Gasteiger partial charge in [0, 0.05) is 6.08 Å². The maximum atomic E-state index is 12.6. The second-order valence-corrected chi connectivity index (χ2v) is 6.06. The minimum atomic E-state index is -4.51. The fraction of sp³-hybridized carbons (Fsp3) is 0.190. The summed E-state index contributed by atoms with van der Waals surface area (Å²) in [5.74, 6) is -3.36. The van der Waals surface area contributed by atoms with Crippen molar-refractivity contribution in [1.82, 2.24) is 0 Å². The van der Waals surface area contributed by atoms with Crippen molar-refractivity contribution < 1.29 is 46.9 Å². The van der Waals surface area contributed by atoms with E-state index in [1.54, 1.807) is 0 Å². The Bertz CT molecular complexity index is 997. The normalized spacial score (nSPS) is 11.2. The molecule has 31 heavy (non-hydrogen) atoms. The van der Waals surface area contributed by atoms with Gasteiger partial charge in [-0.3, -0.25) is 4.79 Å². The molecule has 7 nitrogen and oxygen atoms in total. The Labute approximate surface area is 174 Å². The summed E-state index contributed by atoms with van der Waals surface area (Å²) in [6.07, 6.45) is -4.53. The molecule has 0 aliphatic heterocycles. The number of para-hydroxylation sites is 1. The van der Waals surface area contributed by atoms with Crippen LogP contribution in [-0.4, -0.2) is 36.3 Å². The first-order valence-corrected chi connectivity index (χ1v) is 8.76. The lowest BCUT2D eigenvalue weighted by atomic mass is 10.1. The van der Waals surface area contributed by atoms with Crippen LogP contribution in [-0.2, 0) is 9.59 Å². The molecule has 0 radical (unpaired) electrons. The Hall–Kier alpha value is -3.82. The molecule has 0 unspecified atom stereocenters. The van der Waals surface area contributed by atoms with E-state index in [-0.39, 0.29) is 22.8 Å². The number of rotatable bonds is 8. The van der Waals surface area contributed by atoms with E-state index in [1.807, 2.05) is 0 Å². The SMILES string of the molecule is COc1cc(C=CC(=O)O)ccc1OC(=O)c1ccccc1OC(=O)CCC(F)(F)F. The smallest absolute Gasteiger partial charge is 0.389 e. The van der Waals surface area contributed by atoms with Crippen LogP contribution < -0.4 is 14.2 Å². The van der Waals surface area contributed by atoms with Gasteiger partial charge in [0.05, 0.1) is 20.0 Å². The van der Waals surface area contributed by atoms with Crippen LogP contribution in [0.25, 0.3) is 6.08 Å². The van der Waals surface area contributed by atoms with Crippen LogP contribution in [0.5, 0.6) is 17.2 Å². The average molecular weight is 438 g/mol. The number of benzene rings is 2. The first-order valence-electron chi connectivity index (χ1n) is 8.76. The van der Waals surface area contributed by atoms with Crippen LogP contribution in [0.15, 0.2) is 48.5 Å². The van der Waals surface area contributed by atoms with Crippen molar-refractivity contribution >= 4 is 24.0 Å². The van der Waals surface area contributed by atoms with Crippen molar-refractivity contribution in [3.8, 4) is 17.2 Å². The van der Waals surface area contributed by atoms with Gasteiger partial charge in [0.1, 0.15) is 11.3 Å². The molecule has 164 valence electrons. The van der Waals surface area contributed by atoms with Gasteiger partial charge < -0.3 is 19.3 Å². The van der Waals surface area contributed by atoms with Crippen LogP contribution in [0, 0.1) is 0 Å². The molecular weight excluding hydrogens is 421 g/mol. The predicted octanol–water partition coefficient (Wildman–Crippen LogP) is 4.26. The quantitative estimate of drug-likeness (QED) is 0.374. The molecule has 0 aromatic heterocycles. The number of hydrogen-bond donors (Lipinski definition) is 1. The standard InChI is InChI=1S/C21H17F3O7/c1-29-17-12-13(7-9-18(25)26)6-8-16(17)31-20(28)14-4-2-3-5-15(14)30-19(27)10-11-21(22,23)24/h2-9,12H,10-11H2,1H3,(H,25,26). The highest BCUT2D eigenvalue weighted by Crippen LogP contribution is 2.30. The van der Waals surface area contributed by atoms with Crippen LogP contribution in [0.4, 0.5) is 13.2 Å². The Morgan fingerprint density at radius 2 is 1.71 bits per heavy atom. The predicted molar refractivity (Wildman–Crippen MR) is 102 cm³/mol. The molecule has 2 aromatic carbocycles. The van der Waals surface area contributed by atoms with E-state index in [9.17, 15) is 27.6 Å². The number of aliphatic carboxylic acids is 1. The van der Waals surface area contributed by atoms with Gasteiger partial charge in [-0.15, -0.1) is 0 Å². The molecular formula is C21H17F3O7. The maximum absolute atomic E-state index is 12.6. The summed E-state index contributed by atoms with van der Waals surface area (Å²) in [7, 11) is 1.31. The number of carbonyl (C=O) groups is 3. The number of hydrogen-bond acceptors (Lipinski definition) is 6. The molecule has 1 N–H and O–H groups in total. The highest BCUT2D eigenvalue weighted by atomic mass is 19.4. The number of alkyl halides is 3. The Balaban J connectivity index is 2.17. The van der Waals surface area contributed by atoms with Crippen molar-refractivity contribution in [3.63, 3.8) is 0 Å². The monoisotopic (exact) mass is 438 g/mol.